The van der Waals surface area contributed by atoms with Crippen LogP contribution >= 0.6 is 0 Å². The van der Waals surface area contributed by atoms with E-state index in [-0.39, 0.29) is 42.4 Å². The molecule has 9 atom stereocenters. The summed E-state index contributed by atoms with van der Waals surface area (Å²) in [4.78, 5) is 17.6. The van der Waals surface area contributed by atoms with Crippen molar-refractivity contribution in [2.75, 3.05) is 6.61 Å². The van der Waals surface area contributed by atoms with Crippen LogP contribution in [0.15, 0.2) is 52.7 Å². The predicted octanol–water partition coefficient (Wildman–Crippen LogP) is 5.76. The van der Waals surface area contributed by atoms with E-state index in [0.717, 1.165) is 36.8 Å². The number of ether oxygens (including phenoxy) is 5. The minimum absolute atomic E-state index is 0.0160. The summed E-state index contributed by atoms with van der Waals surface area (Å²) in [7, 11) is 0. The first-order valence-corrected chi connectivity index (χ1v) is 14.6. The zero-order valence-corrected chi connectivity index (χ0v) is 24.1. The van der Waals surface area contributed by atoms with Crippen LogP contribution in [0.2, 0.25) is 0 Å². The van der Waals surface area contributed by atoms with E-state index in [0.29, 0.717) is 31.0 Å². The van der Waals surface area contributed by atoms with Gasteiger partial charge in [-0.15, -0.1) is 0 Å². The highest BCUT2D eigenvalue weighted by atomic mass is 16.7. The number of hydrogen-bond donors (Lipinski definition) is 0. The number of carbonyl (C=O) groups excluding carboxylic acids is 1. The normalized spacial score (nSPS) is 38.6. The second-order valence-corrected chi connectivity index (χ2v) is 11.6. The second kappa shape index (κ2) is 13.3. The number of allylic oxidation sites excluding steroid dienone is 1. The lowest BCUT2D eigenvalue weighted by Crippen LogP contribution is -2.50. The average molecular weight is 565 g/mol. The smallest absolute Gasteiger partial charge is 0.330 e. The number of fused-ring (bicyclic) bond motifs is 9. The van der Waals surface area contributed by atoms with E-state index in [1.165, 1.54) is 12.2 Å². The Hall–Kier alpha value is -3.03. The molecule has 0 N–H and O–H groups in total. The number of nitrogens with zero attached hydrogens (tertiary/aromatic N) is 2. The molecule has 1 aromatic rings. The summed E-state index contributed by atoms with van der Waals surface area (Å²) in [6.45, 7) is 10.7. The van der Waals surface area contributed by atoms with Gasteiger partial charge in [0, 0.05) is 30.4 Å². The molecule has 3 fully saturated rings. The largest absolute Gasteiger partial charge is 0.458 e. The number of hydrogen-bond acceptors (Lipinski definition) is 9. The minimum Gasteiger partial charge on any atom is -0.458 e. The van der Waals surface area contributed by atoms with Crippen molar-refractivity contribution in [2.45, 2.75) is 102 Å². The molecule has 3 saturated heterocycles. The molecule has 0 saturated carbocycles. The van der Waals surface area contributed by atoms with Crippen LogP contribution in [0.5, 0.6) is 0 Å². The van der Waals surface area contributed by atoms with Crippen molar-refractivity contribution >= 4 is 12.0 Å². The van der Waals surface area contributed by atoms with E-state index in [2.05, 4.69) is 17.6 Å². The molecule has 0 spiro atoms. The third-order valence-electron chi connectivity index (χ3n) is 8.45. The van der Waals surface area contributed by atoms with Crippen LogP contribution in [0.1, 0.15) is 77.2 Å². The van der Waals surface area contributed by atoms with Gasteiger partial charge in [-0.05, 0) is 50.7 Å². The van der Waals surface area contributed by atoms with Gasteiger partial charge in [0.15, 0.2) is 0 Å². The summed E-state index contributed by atoms with van der Waals surface area (Å²) in [5, 5.41) is 9.25. The maximum Gasteiger partial charge on any atom is 0.330 e. The van der Waals surface area contributed by atoms with E-state index in [1.807, 2.05) is 32.9 Å². The zero-order valence-electron chi connectivity index (χ0n) is 24.1. The fourth-order valence-electron chi connectivity index (χ4n) is 6.35. The molecule has 8 bridgehead atoms. The highest BCUT2D eigenvalue weighted by Crippen LogP contribution is 2.37. The maximum atomic E-state index is 13.0. The van der Waals surface area contributed by atoms with Crippen molar-refractivity contribution in [3.05, 3.63) is 59.9 Å². The van der Waals surface area contributed by atoms with Gasteiger partial charge in [0.1, 0.15) is 18.1 Å². The monoisotopic (exact) mass is 564 g/mol. The van der Waals surface area contributed by atoms with Gasteiger partial charge in [0.2, 0.25) is 12.2 Å². The summed E-state index contributed by atoms with van der Waals surface area (Å²) in [6.07, 6.45) is 12.6. The van der Waals surface area contributed by atoms with Crippen LogP contribution in [-0.4, -0.2) is 54.2 Å². The van der Waals surface area contributed by atoms with Crippen molar-refractivity contribution in [1.82, 2.24) is 4.98 Å². The maximum absolute atomic E-state index is 13.0. The molecule has 0 aromatic carbocycles. The highest BCUT2D eigenvalue weighted by Gasteiger charge is 2.43. The number of esters is 1. The van der Waals surface area contributed by atoms with Crippen molar-refractivity contribution in [1.29, 1.82) is 5.26 Å². The summed E-state index contributed by atoms with van der Waals surface area (Å²) in [5.74, 6) is -0.166. The number of oxazole rings is 1. The van der Waals surface area contributed by atoms with E-state index < -0.39 is 18.4 Å². The van der Waals surface area contributed by atoms with Crippen LogP contribution in [0, 0.1) is 23.2 Å². The van der Waals surface area contributed by atoms with Gasteiger partial charge in [-0.2, -0.15) is 5.26 Å². The fourth-order valence-corrected chi connectivity index (χ4v) is 6.35. The first kappa shape index (κ1) is 29.5. The van der Waals surface area contributed by atoms with Crippen LogP contribution in [0.3, 0.4) is 0 Å². The summed E-state index contributed by atoms with van der Waals surface area (Å²) >= 11 is 0. The lowest BCUT2D eigenvalue weighted by atomic mass is 9.79. The zero-order chi connectivity index (χ0) is 28.9. The average Bonchev–Trinajstić information content (AvgIpc) is 3.41. The number of aromatic nitrogens is 1. The minimum atomic E-state index is -0.595. The topological polar surface area (TPSA) is 113 Å². The third-order valence-corrected chi connectivity index (χ3v) is 8.45. The van der Waals surface area contributed by atoms with Crippen LogP contribution in [-0.2, 0) is 28.5 Å². The Labute approximate surface area is 241 Å². The van der Waals surface area contributed by atoms with Gasteiger partial charge >= 0.3 is 5.97 Å². The third kappa shape index (κ3) is 7.25. The van der Waals surface area contributed by atoms with Crippen molar-refractivity contribution in [3.8, 4) is 6.07 Å². The van der Waals surface area contributed by atoms with Crippen molar-refractivity contribution < 1.29 is 32.9 Å². The molecule has 41 heavy (non-hydrogen) atoms. The molecule has 0 radical (unpaired) electrons. The first-order chi connectivity index (χ1) is 19.8. The number of carbonyl (C=O) groups is 1. The van der Waals surface area contributed by atoms with Crippen LogP contribution in [0.4, 0.5) is 0 Å². The molecule has 4 aliphatic heterocycles. The molecule has 4 aliphatic rings. The standard InChI is InChI=1S/C32H40N2O7/c1-19-15-23-7-5-10-29(35)41-31-21(3)27(40-30(22(31)4)20(2)11-13-33)8-6-9-28-34-26(18-37-28)32-36-14-12-24(39-32)17-25(16-19)38-23/h5-6,9-11,18,21-25,27,30-32H,1,7-8,12,14-17H2,2-4H3/b9-6+,10-5-,20-11+/t21-,22-,23-,24-,25+,27+,30-,31-,32-/m0/s1. The van der Waals surface area contributed by atoms with Crippen LogP contribution < -0.4 is 0 Å². The molecular formula is C32H40N2O7. The Kier molecular flexibility index (Phi) is 9.56. The molecule has 1 aromatic heterocycles. The van der Waals surface area contributed by atoms with Crippen molar-refractivity contribution in [3.63, 3.8) is 0 Å². The quantitative estimate of drug-likeness (QED) is 0.239. The first-order valence-electron chi connectivity index (χ1n) is 14.6. The molecule has 220 valence electrons. The number of rotatable bonds is 1. The summed E-state index contributed by atoms with van der Waals surface area (Å²) < 4.78 is 36.7. The molecular weight excluding hydrogens is 524 g/mol. The highest BCUT2D eigenvalue weighted by molar-refractivity contribution is 5.82. The SMILES string of the molecule is C=C1C[C@@H]2C[C@@H]3CCO[C@@H](O3)c3coc(n3)/C=C/C[C@H]3O[C@@H](/C(C)=C/C#N)[C@H](C)[C@@H](OC(=O)/C=C\C[C@@H](C1)O2)[C@H]3C. The summed E-state index contributed by atoms with van der Waals surface area (Å²) in [5.41, 5.74) is 2.54. The summed E-state index contributed by atoms with van der Waals surface area (Å²) in [6, 6.07) is 2.10. The lowest BCUT2D eigenvalue weighted by molar-refractivity contribution is -0.227. The van der Waals surface area contributed by atoms with Gasteiger partial charge in [0.25, 0.3) is 0 Å². The molecule has 9 nitrogen and oxygen atoms in total. The van der Waals surface area contributed by atoms with E-state index in [4.69, 9.17) is 28.1 Å². The Bertz CT molecular complexity index is 1230. The van der Waals surface area contributed by atoms with E-state index in [1.54, 1.807) is 12.3 Å². The van der Waals surface area contributed by atoms with Crippen molar-refractivity contribution in [2.24, 2.45) is 11.8 Å². The predicted molar refractivity (Wildman–Crippen MR) is 150 cm³/mol. The molecule has 0 aliphatic carbocycles. The molecule has 5 heterocycles. The fraction of sp³-hybridized carbons (Fsp3) is 0.594. The Balaban J connectivity index is 1.41. The van der Waals surface area contributed by atoms with Gasteiger partial charge in [-0.1, -0.05) is 38.2 Å². The van der Waals surface area contributed by atoms with E-state index in [9.17, 15) is 10.1 Å². The Morgan fingerprint density at radius 2 is 1.88 bits per heavy atom. The molecule has 0 amide bonds. The lowest BCUT2D eigenvalue weighted by Gasteiger charge is -2.44. The Morgan fingerprint density at radius 3 is 2.71 bits per heavy atom. The van der Waals surface area contributed by atoms with Gasteiger partial charge < -0.3 is 28.1 Å². The number of nitriles is 1. The van der Waals surface area contributed by atoms with Crippen LogP contribution in [0.25, 0.3) is 6.08 Å². The second-order valence-electron chi connectivity index (χ2n) is 11.6. The molecule has 9 heteroatoms. The van der Waals surface area contributed by atoms with Gasteiger partial charge in [-0.25, -0.2) is 9.78 Å². The molecule has 5 rings (SSSR count). The van der Waals surface area contributed by atoms with Gasteiger partial charge in [-0.3, -0.25) is 0 Å². The Morgan fingerprint density at radius 1 is 1.07 bits per heavy atom. The van der Waals surface area contributed by atoms with E-state index >= 15 is 0 Å². The molecule has 0 unspecified atom stereocenters. The van der Waals surface area contributed by atoms with Gasteiger partial charge in [0.05, 0.1) is 43.2 Å².